The molecule has 3 aromatic rings. The van der Waals surface area contributed by atoms with Gasteiger partial charge in [0.15, 0.2) is 5.15 Å². The average Bonchev–Trinajstić information content (AvgIpc) is 2.77. The fourth-order valence-corrected chi connectivity index (χ4v) is 3.12. The van der Waals surface area contributed by atoms with Gasteiger partial charge in [0.25, 0.3) is 0 Å². The quantitative estimate of drug-likeness (QED) is 0.683. The van der Waals surface area contributed by atoms with E-state index < -0.39 is 5.91 Å². The lowest BCUT2D eigenvalue weighted by Crippen LogP contribution is -2.19. The molecule has 3 rings (SSSR count). The predicted molar refractivity (Wildman–Crippen MR) is 89.9 cm³/mol. The molecule has 0 aliphatic rings. The average molecular weight is 400 g/mol. The standard InChI is InChI=1S/C14H9BrCl2N4O/c15-10-5-9-12(13(17)20-10)21(6-11(18)22)14(19-9)7-1-3-8(16)4-2-7/h1-5H,6H2,(H2,18,22). The van der Waals surface area contributed by atoms with Crippen LogP contribution in [0.1, 0.15) is 0 Å². The second kappa shape index (κ2) is 5.87. The smallest absolute Gasteiger partial charge is 0.237 e. The number of carbonyl (C=O) groups excluding carboxylic acids is 1. The van der Waals surface area contributed by atoms with Gasteiger partial charge in [0.1, 0.15) is 22.5 Å². The van der Waals surface area contributed by atoms with E-state index in [4.69, 9.17) is 28.9 Å². The first-order valence-corrected chi connectivity index (χ1v) is 7.77. The second-order valence-electron chi connectivity index (χ2n) is 4.60. The number of fused-ring (bicyclic) bond motifs is 1. The highest BCUT2D eigenvalue weighted by atomic mass is 79.9. The fraction of sp³-hybridized carbons (Fsp3) is 0.0714. The van der Waals surface area contributed by atoms with Gasteiger partial charge in [0.05, 0.1) is 5.52 Å². The number of nitrogens with zero attached hydrogens (tertiary/aromatic N) is 3. The SMILES string of the molecule is NC(=O)Cn1c(-c2ccc(Cl)cc2)nc2cc(Br)nc(Cl)c21. The van der Waals surface area contributed by atoms with Crippen LogP contribution in [0.3, 0.4) is 0 Å². The summed E-state index contributed by atoms with van der Waals surface area (Å²) in [6, 6.07) is 8.87. The number of rotatable bonds is 3. The molecule has 0 unspecified atom stereocenters. The summed E-state index contributed by atoms with van der Waals surface area (Å²) in [4.78, 5) is 20.1. The molecule has 2 aromatic heterocycles. The number of benzene rings is 1. The first kappa shape index (κ1) is 15.3. The number of imidazole rings is 1. The molecule has 8 heteroatoms. The third-order valence-corrected chi connectivity index (χ3v) is 3.99. The van der Waals surface area contributed by atoms with Crippen molar-refractivity contribution in [2.45, 2.75) is 6.54 Å². The van der Waals surface area contributed by atoms with E-state index in [-0.39, 0.29) is 11.7 Å². The van der Waals surface area contributed by atoms with Crippen molar-refractivity contribution >= 4 is 56.1 Å². The Morgan fingerprint density at radius 2 is 1.91 bits per heavy atom. The largest absolute Gasteiger partial charge is 0.368 e. The van der Waals surface area contributed by atoms with E-state index in [1.807, 2.05) is 12.1 Å². The monoisotopic (exact) mass is 398 g/mol. The van der Waals surface area contributed by atoms with E-state index in [9.17, 15) is 4.79 Å². The third kappa shape index (κ3) is 2.82. The maximum absolute atomic E-state index is 11.4. The zero-order chi connectivity index (χ0) is 15.9. The molecule has 5 nitrogen and oxygen atoms in total. The van der Waals surface area contributed by atoms with Crippen LogP contribution in [-0.2, 0) is 11.3 Å². The lowest BCUT2D eigenvalue weighted by Gasteiger charge is -2.07. The maximum atomic E-state index is 11.4. The predicted octanol–water partition coefficient (Wildman–Crippen LogP) is 3.65. The zero-order valence-corrected chi connectivity index (χ0v) is 14.2. The topological polar surface area (TPSA) is 73.8 Å². The van der Waals surface area contributed by atoms with Gasteiger partial charge in [-0.25, -0.2) is 9.97 Å². The number of nitrogens with two attached hydrogens (primary N) is 1. The fourth-order valence-electron chi connectivity index (χ4n) is 2.21. The first-order chi connectivity index (χ1) is 10.5. The summed E-state index contributed by atoms with van der Waals surface area (Å²) in [5.74, 6) is 0.0840. The van der Waals surface area contributed by atoms with Crippen LogP contribution in [0.2, 0.25) is 10.2 Å². The minimum Gasteiger partial charge on any atom is -0.368 e. The molecular formula is C14H9BrCl2N4O. The molecule has 1 aromatic carbocycles. The van der Waals surface area contributed by atoms with Crippen LogP contribution in [0, 0.1) is 0 Å². The van der Waals surface area contributed by atoms with E-state index >= 15 is 0 Å². The van der Waals surface area contributed by atoms with E-state index in [0.717, 1.165) is 5.56 Å². The molecule has 0 fully saturated rings. The van der Waals surface area contributed by atoms with E-state index in [2.05, 4.69) is 25.9 Å². The number of hydrogen-bond donors (Lipinski definition) is 1. The highest BCUT2D eigenvalue weighted by Crippen LogP contribution is 2.30. The van der Waals surface area contributed by atoms with E-state index in [1.165, 1.54) is 0 Å². The molecule has 0 bridgehead atoms. The molecule has 0 atom stereocenters. The lowest BCUT2D eigenvalue weighted by molar-refractivity contribution is -0.118. The molecule has 2 N–H and O–H groups in total. The van der Waals surface area contributed by atoms with Crippen LogP contribution in [0.5, 0.6) is 0 Å². The van der Waals surface area contributed by atoms with Crippen LogP contribution in [0.15, 0.2) is 34.9 Å². The maximum Gasteiger partial charge on any atom is 0.237 e. The number of carbonyl (C=O) groups is 1. The normalized spacial score (nSPS) is 11.0. The molecule has 112 valence electrons. The van der Waals surface area contributed by atoms with Crippen LogP contribution in [0.25, 0.3) is 22.4 Å². The summed E-state index contributed by atoms with van der Waals surface area (Å²) in [5, 5.41) is 0.863. The molecule has 2 heterocycles. The first-order valence-electron chi connectivity index (χ1n) is 6.22. The van der Waals surface area contributed by atoms with Gasteiger partial charge in [-0.3, -0.25) is 4.79 Å². The summed E-state index contributed by atoms with van der Waals surface area (Å²) in [6.07, 6.45) is 0. The second-order valence-corrected chi connectivity index (χ2v) is 6.21. The van der Waals surface area contributed by atoms with Gasteiger partial charge < -0.3 is 10.3 Å². The number of aromatic nitrogens is 3. The molecule has 22 heavy (non-hydrogen) atoms. The number of primary amides is 1. The Labute approximate surface area is 144 Å². The molecule has 0 spiro atoms. The zero-order valence-electron chi connectivity index (χ0n) is 11.1. The van der Waals surface area contributed by atoms with Crippen LogP contribution >= 0.6 is 39.1 Å². The Bertz CT molecular complexity index is 877. The van der Waals surface area contributed by atoms with Gasteiger partial charge in [0.2, 0.25) is 5.91 Å². The summed E-state index contributed by atoms with van der Waals surface area (Å²) < 4.78 is 2.22. The summed E-state index contributed by atoms with van der Waals surface area (Å²) in [6.45, 7) is -0.0442. The van der Waals surface area contributed by atoms with E-state index in [0.29, 0.717) is 26.5 Å². The molecular weight excluding hydrogens is 391 g/mol. The molecule has 0 saturated heterocycles. The van der Waals surface area contributed by atoms with Crippen molar-refractivity contribution in [3.05, 3.63) is 45.1 Å². The van der Waals surface area contributed by atoms with Gasteiger partial charge in [-0.15, -0.1) is 0 Å². The molecule has 0 aliphatic heterocycles. The lowest BCUT2D eigenvalue weighted by atomic mass is 10.2. The highest BCUT2D eigenvalue weighted by Gasteiger charge is 2.18. The summed E-state index contributed by atoms with van der Waals surface area (Å²) in [5.41, 5.74) is 7.33. The van der Waals surface area contributed by atoms with Gasteiger partial charge in [-0.2, -0.15) is 0 Å². The van der Waals surface area contributed by atoms with Crippen LogP contribution in [0.4, 0.5) is 0 Å². The highest BCUT2D eigenvalue weighted by molar-refractivity contribution is 9.10. The molecule has 0 radical (unpaired) electrons. The van der Waals surface area contributed by atoms with Crippen LogP contribution < -0.4 is 5.73 Å². The van der Waals surface area contributed by atoms with Crippen molar-refractivity contribution in [1.29, 1.82) is 0 Å². The van der Waals surface area contributed by atoms with Gasteiger partial charge in [-0.05, 0) is 46.3 Å². The van der Waals surface area contributed by atoms with Gasteiger partial charge >= 0.3 is 0 Å². The Morgan fingerprint density at radius 3 is 2.55 bits per heavy atom. The number of halogens is 3. The number of amides is 1. The van der Waals surface area contributed by atoms with Crippen molar-refractivity contribution < 1.29 is 4.79 Å². The van der Waals surface area contributed by atoms with Crippen molar-refractivity contribution in [3.63, 3.8) is 0 Å². The third-order valence-electron chi connectivity index (χ3n) is 3.07. The summed E-state index contributed by atoms with van der Waals surface area (Å²) >= 11 is 15.4. The Morgan fingerprint density at radius 1 is 1.23 bits per heavy atom. The van der Waals surface area contributed by atoms with Crippen LogP contribution in [-0.4, -0.2) is 20.4 Å². The molecule has 1 amide bonds. The van der Waals surface area contributed by atoms with Crippen molar-refractivity contribution in [1.82, 2.24) is 14.5 Å². The van der Waals surface area contributed by atoms with Gasteiger partial charge in [0, 0.05) is 10.6 Å². The Balaban J connectivity index is 2.30. The Kier molecular flexibility index (Phi) is 4.08. The number of pyridine rings is 1. The minimum atomic E-state index is -0.492. The minimum absolute atomic E-state index is 0.0442. The van der Waals surface area contributed by atoms with Crippen molar-refractivity contribution in [2.75, 3.05) is 0 Å². The molecule has 0 saturated carbocycles. The van der Waals surface area contributed by atoms with Gasteiger partial charge in [-0.1, -0.05) is 23.2 Å². The Hall–Kier alpha value is -1.63. The van der Waals surface area contributed by atoms with E-state index in [1.54, 1.807) is 22.8 Å². The van der Waals surface area contributed by atoms with Crippen molar-refractivity contribution in [2.24, 2.45) is 5.73 Å². The number of hydrogen-bond acceptors (Lipinski definition) is 3. The van der Waals surface area contributed by atoms with Crippen molar-refractivity contribution in [3.8, 4) is 11.4 Å². The molecule has 0 aliphatic carbocycles. The summed E-state index contributed by atoms with van der Waals surface area (Å²) in [7, 11) is 0.